The second kappa shape index (κ2) is 13.8. The number of hydrogen-bond acceptors (Lipinski definition) is 1. The van der Waals surface area contributed by atoms with Gasteiger partial charge in [-0.05, 0) is 164 Å². The van der Waals surface area contributed by atoms with Crippen LogP contribution in [0, 0.1) is 32.4 Å². The van der Waals surface area contributed by atoms with Gasteiger partial charge in [-0.2, -0.15) is 0 Å². The van der Waals surface area contributed by atoms with Crippen molar-refractivity contribution in [2.75, 3.05) is 4.90 Å². The van der Waals surface area contributed by atoms with Gasteiger partial charge < -0.3 is 4.90 Å². The van der Waals surface area contributed by atoms with Crippen molar-refractivity contribution in [2.24, 2.45) is 0 Å². The lowest BCUT2D eigenvalue weighted by atomic mass is 9.68. The molecule has 0 aromatic heterocycles. The normalized spacial score (nSPS) is 14.1. The van der Waals surface area contributed by atoms with E-state index in [0.29, 0.717) is 11.1 Å². The van der Waals surface area contributed by atoms with E-state index < -0.39 is 17.0 Å². The molecule has 1 spiro atoms. The number of aryl methyl sites for hydroxylation is 3. The van der Waals surface area contributed by atoms with Crippen LogP contribution in [0.4, 0.5) is 25.8 Å². The molecule has 3 aliphatic carbocycles. The second-order valence-electron chi connectivity index (χ2n) is 18.4. The van der Waals surface area contributed by atoms with Gasteiger partial charge in [-0.15, -0.1) is 0 Å². The highest BCUT2D eigenvalue weighted by atomic mass is 19.1. The molecule has 0 bridgehead atoms. The van der Waals surface area contributed by atoms with Crippen molar-refractivity contribution < 1.29 is 8.78 Å². The molecule has 0 N–H and O–H groups in total. The van der Waals surface area contributed by atoms with Crippen molar-refractivity contribution in [3.63, 3.8) is 0 Å². The summed E-state index contributed by atoms with van der Waals surface area (Å²) in [6.07, 6.45) is 0. The first-order valence-corrected chi connectivity index (χ1v) is 22.2. The lowest BCUT2D eigenvalue weighted by Gasteiger charge is -2.33. The highest BCUT2D eigenvalue weighted by molar-refractivity contribution is 6.01. The van der Waals surface area contributed by atoms with Crippen molar-refractivity contribution in [1.29, 1.82) is 0 Å². The zero-order chi connectivity index (χ0) is 43.6. The molecule has 0 heterocycles. The maximum atomic E-state index is 16.5. The van der Waals surface area contributed by atoms with Crippen molar-refractivity contribution in [3.8, 4) is 55.6 Å². The fourth-order valence-corrected chi connectivity index (χ4v) is 11.8. The zero-order valence-corrected chi connectivity index (χ0v) is 36.5. The monoisotopic (exact) mass is 829 g/mol. The van der Waals surface area contributed by atoms with Crippen molar-refractivity contribution in [2.45, 2.75) is 45.4 Å². The van der Waals surface area contributed by atoms with E-state index in [0.717, 1.165) is 89.4 Å². The first-order chi connectivity index (χ1) is 31.1. The Balaban J connectivity index is 1.18. The molecular formula is C61H45F2N. The van der Waals surface area contributed by atoms with Crippen LogP contribution in [0.3, 0.4) is 0 Å². The van der Waals surface area contributed by atoms with Crippen LogP contribution in [0.15, 0.2) is 182 Å². The van der Waals surface area contributed by atoms with Crippen LogP contribution in [-0.2, 0) is 10.8 Å². The van der Waals surface area contributed by atoms with Crippen LogP contribution in [-0.4, -0.2) is 0 Å². The van der Waals surface area contributed by atoms with E-state index in [4.69, 9.17) is 0 Å². The molecule has 9 aromatic rings. The molecule has 12 rings (SSSR count). The highest BCUT2D eigenvalue weighted by Gasteiger charge is 2.55. The molecule has 0 fully saturated rings. The van der Waals surface area contributed by atoms with E-state index in [-0.39, 0.29) is 5.41 Å². The summed E-state index contributed by atoms with van der Waals surface area (Å²) >= 11 is 0. The summed E-state index contributed by atoms with van der Waals surface area (Å²) in [7, 11) is 0. The van der Waals surface area contributed by atoms with Gasteiger partial charge in [0.2, 0.25) is 0 Å². The van der Waals surface area contributed by atoms with Gasteiger partial charge in [0.05, 0.1) is 5.41 Å². The van der Waals surface area contributed by atoms with Gasteiger partial charge in [-0.25, -0.2) is 8.78 Å². The number of para-hydroxylation sites is 1. The second-order valence-corrected chi connectivity index (χ2v) is 18.4. The molecule has 64 heavy (non-hydrogen) atoms. The van der Waals surface area contributed by atoms with Crippen LogP contribution in [0.2, 0.25) is 0 Å². The first-order valence-electron chi connectivity index (χ1n) is 22.2. The summed E-state index contributed by atoms with van der Waals surface area (Å²) in [6, 6.07) is 63.3. The Morgan fingerprint density at radius 2 is 0.938 bits per heavy atom. The quantitative estimate of drug-likeness (QED) is 0.167. The third-order valence-corrected chi connectivity index (χ3v) is 14.6. The average Bonchev–Trinajstić information content (AvgIpc) is 3.88. The number of benzene rings is 9. The Morgan fingerprint density at radius 1 is 0.375 bits per heavy atom. The molecule has 0 amide bonds. The summed E-state index contributed by atoms with van der Waals surface area (Å²) in [6.45, 7) is 11.2. The molecule has 0 atom stereocenters. The smallest absolute Gasteiger partial charge is 0.131 e. The molecule has 308 valence electrons. The molecular weight excluding hydrogens is 785 g/mol. The Bertz CT molecular complexity index is 3360. The minimum Gasteiger partial charge on any atom is -0.310 e. The molecule has 0 saturated heterocycles. The minimum absolute atomic E-state index is 0.187. The first kappa shape index (κ1) is 38.3. The predicted octanol–water partition coefficient (Wildman–Crippen LogP) is 16.3. The molecule has 1 nitrogen and oxygen atoms in total. The van der Waals surface area contributed by atoms with Crippen molar-refractivity contribution in [3.05, 3.63) is 244 Å². The summed E-state index contributed by atoms with van der Waals surface area (Å²) in [4.78, 5) is 2.42. The average molecular weight is 830 g/mol. The molecule has 3 aliphatic rings. The summed E-state index contributed by atoms with van der Waals surface area (Å²) in [5.41, 5.74) is 21.4. The standard InChI is InChI=1S/C61H45F2N/c1-36-16-9-12-27-54(36)64(42-29-31-46-45-20-10-11-21-47(45)60(4,5)51(46)35-42)43-33-40(39-18-7-6-8-19-39)32-41(34-43)44-30-28-38(3)56-55-37(2)17-13-22-48(55)61(59(44)56)49-23-14-25-52(62)57(49)58-50(61)24-15-26-53(58)63/h6-35H,1-5H3. The van der Waals surface area contributed by atoms with Gasteiger partial charge in [-0.1, -0.05) is 147 Å². The van der Waals surface area contributed by atoms with Crippen LogP contribution < -0.4 is 4.90 Å². The Hall–Kier alpha value is -7.36. The number of halogens is 2. The molecule has 0 radical (unpaired) electrons. The number of fused-ring (bicyclic) bond motifs is 13. The number of anilines is 3. The van der Waals surface area contributed by atoms with Crippen LogP contribution in [0.25, 0.3) is 55.6 Å². The lowest BCUT2D eigenvalue weighted by Crippen LogP contribution is -2.27. The summed E-state index contributed by atoms with van der Waals surface area (Å²) in [5.74, 6) is -0.833. The van der Waals surface area contributed by atoms with Gasteiger partial charge in [0.1, 0.15) is 11.6 Å². The number of rotatable bonds is 5. The fourth-order valence-electron chi connectivity index (χ4n) is 11.8. The molecule has 0 unspecified atom stereocenters. The number of nitrogens with zero attached hydrogens (tertiary/aromatic N) is 1. The molecule has 0 aliphatic heterocycles. The van der Waals surface area contributed by atoms with Crippen LogP contribution in [0.5, 0.6) is 0 Å². The zero-order valence-electron chi connectivity index (χ0n) is 36.5. The highest BCUT2D eigenvalue weighted by Crippen LogP contribution is 2.66. The van der Waals surface area contributed by atoms with E-state index in [9.17, 15) is 0 Å². The maximum Gasteiger partial charge on any atom is 0.131 e. The molecule has 3 heteroatoms. The van der Waals surface area contributed by atoms with Gasteiger partial charge in [0, 0.05) is 33.6 Å². The van der Waals surface area contributed by atoms with Gasteiger partial charge in [-0.3, -0.25) is 0 Å². The van der Waals surface area contributed by atoms with E-state index >= 15 is 8.78 Å². The fraction of sp³-hybridized carbons (Fsp3) is 0.115. The van der Waals surface area contributed by atoms with E-state index in [1.807, 2.05) is 12.1 Å². The Labute approximate surface area is 374 Å². The topological polar surface area (TPSA) is 3.24 Å². The van der Waals surface area contributed by atoms with Gasteiger partial charge >= 0.3 is 0 Å². The molecule has 0 saturated carbocycles. The van der Waals surface area contributed by atoms with Crippen molar-refractivity contribution >= 4 is 17.1 Å². The Kier molecular flexibility index (Phi) is 8.28. The largest absolute Gasteiger partial charge is 0.310 e. The van der Waals surface area contributed by atoms with E-state index in [1.54, 1.807) is 12.1 Å². The van der Waals surface area contributed by atoms with Crippen molar-refractivity contribution in [1.82, 2.24) is 0 Å². The van der Waals surface area contributed by atoms with Gasteiger partial charge in [0.25, 0.3) is 0 Å². The SMILES string of the molecule is Cc1ccccc1N(c1cc(-c2ccccc2)cc(-c2ccc(C)c3c2C2(c4cccc(C)c4-3)c3cccc(F)c3-c3c(F)cccc32)c1)c1ccc2c(c1)C(C)(C)c1ccccc1-2. The van der Waals surface area contributed by atoms with Crippen LogP contribution in [0.1, 0.15) is 63.9 Å². The third kappa shape index (κ3) is 5.15. The van der Waals surface area contributed by atoms with E-state index in [1.165, 1.54) is 34.4 Å². The van der Waals surface area contributed by atoms with Gasteiger partial charge in [0.15, 0.2) is 0 Å². The summed E-state index contributed by atoms with van der Waals surface area (Å²) < 4.78 is 33.0. The molecule has 9 aromatic carbocycles. The lowest BCUT2D eigenvalue weighted by molar-refractivity contribution is 0.617. The van der Waals surface area contributed by atoms with Crippen LogP contribution >= 0.6 is 0 Å². The predicted molar refractivity (Wildman–Crippen MR) is 260 cm³/mol. The van der Waals surface area contributed by atoms with E-state index in [2.05, 4.69) is 185 Å². The Morgan fingerprint density at radius 3 is 1.67 bits per heavy atom. The number of hydrogen-bond donors (Lipinski definition) is 0. The minimum atomic E-state index is -0.980. The summed E-state index contributed by atoms with van der Waals surface area (Å²) in [5, 5.41) is 0. The third-order valence-electron chi connectivity index (χ3n) is 14.6. The maximum absolute atomic E-state index is 16.5.